The zero-order chi connectivity index (χ0) is 14.4. The average Bonchev–Trinajstić information content (AvgIpc) is 2.74. The SMILES string of the molecule is CCC(N[C@H](C)C1CCCCCC1)c1ccccc1F. The Morgan fingerprint density at radius 3 is 2.40 bits per heavy atom. The second-order valence-electron chi connectivity index (χ2n) is 6.19. The second kappa shape index (κ2) is 7.78. The van der Waals surface area contributed by atoms with Crippen molar-refractivity contribution in [3.05, 3.63) is 35.6 Å². The Morgan fingerprint density at radius 2 is 1.80 bits per heavy atom. The molecule has 0 bridgehead atoms. The Morgan fingerprint density at radius 1 is 1.15 bits per heavy atom. The van der Waals surface area contributed by atoms with Crippen molar-refractivity contribution in [2.24, 2.45) is 5.92 Å². The molecule has 0 heterocycles. The van der Waals surface area contributed by atoms with Crippen LogP contribution in [0, 0.1) is 11.7 Å². The van der Waals surface area contributed by atoms with Crippen LogP contribution in [-0.2, 0) is 0 Å². The van der Waals surface area contributed by atoms with Crippen molar-refractivity contribution in [2.45, 2.75) is 70.9 Å². The van der Waals surface area contributed by atoms with Crippen LogP contribution in [0.15, 0.2) is 24.3 Å². The van der Waals surface area contributed by atoms with Crippen molar-refractivity contribution in [2.75, 3.05) is 0 Å². The van der Waals surface area contributed by atoms with Crippen molar-refractivity contribution in [3.8, 4) is 0 Å². The van der Waals surface area contributed by atoms with E-state index in [0.717, 1.165) is 17.9 Å². The number of halogens is 1. The van der Waals surface area contributed by atoms with Gasteiger partial charge in [0.1, 0.15) is 5.82 Å². The van der Waals surface area contributed by atoms with Crippen molar-refractivity contribution >= 4 is 0 Å². The summed E-state index contributed by atoms with van der Waals surface area (Å²) in [6.45, 7) is 4.41. The molecule has 0 aromatic heterocycles. The van der Waals surface area contributed by atoms with Gasteiger partial charge in [-0.05, 0) is 38.2 Å². The first kappa shape index (κ1) is 15.5. The molecule has 0 saturated heterocycles. The molecule has 1 nitrogen and oxygen atoms in total. The zero-order valence-corrected chi connectivity index (χ0v) is 12.9. The third-order valence-electron chi connectivity index (χ3n) is 4.76. The topological polar surface area (TPSA) is 12.0 Å². The minimum Gasteiger partial charge on any atom is -0.307 e. The van der Waals surface area contributed by atoms with E-state index in [1.54, 1.807) is 12.1 Å². The molecule has 1 aromatic carbocycles. The van der Waals surface area contributed by atoms with Crippen LogP contribution in [0.3, 0.4) is 0 Å². The highest BCUT2D eigenvalue weighted by molar-refractivity contribution is 5.21. The maximum Gasteiger partial charge on any atom is 0.127 e. The van der Waals surface area contributed by atoms with Crippen LogP contribution in [0.2, 0.25) is 0 Å². The number of benzene rings is 1. The second-order valence-corrected chi connectivity index (χ2v) is 6.19. The predicted molar refractivity (Wildman–Crippen MR) is 83.2 cm³/mol. The molecule has 112 valence electrons. The van der Waals surface area contributed by atoms with Gasteiger partial charge in [0.15, 0.2) is 0 Å². The number of hydrogen-bond donors (Lipinski definition) is 1. The molecule has 0 radical (unpaired) electrons. The van der Waals surface area contributed by atoms with E-state index in [1.165, 1.54) is 38.5 Å². The van der Waals surface area contributed by atoms with Crippen LogP contribution in [0.5, 0.6) is 0 Å². The smallest absolute Gasteiger partial charge is 0.127 e. The number of hydrogen-bond acceptors (Lipinski definition) is 1. The molecule has 1 aliphatic rings. The van der Waals surface area contributed by atoms with Crippen molar-refractivity contribution < 1.29 is 4.39 Å². The van der Waals surface area contributed by atoms with Crippen LogP contribution < -0.4 is 5.32 Å². The monoisotopic (exact) mass is 277 g/mol. The molecule has 1 saturated carbocycles. The normalized spacial score (nSPS) is 20.4. The molecule has 2 heteroatoms. The van der Waals surface area contributed by atoms with Gasteiger partial charge in [0, 0.05) is 17.6 Å². The molecule has 1 aliphatic carbocycles. The first-order valence-electron chi connectivity index (χ1n) is 8.22. The first-order valence-corrected chi connectivity index (χ1v) is 8.22. The lowest BCUT2D eigenvalue weighted by atomic mass is 9.91. The molecule has 20 heavy (non-hydrogen) atoms. The van der Waals surface area contributed by atoms with Gasteiger partial charge in [-0.3, -0.25) is 0 Å². The Balaban J connectivity index is 2.00. The maximum atomic E-state index is 13.9. The van der Waals surface area contributed by atoms with Gasteiger partial charge in [0.2, 0.25) is 0 Å². The Bertz CT molecular complexity index is 396. The average molecular weight is 277 g/mol. The van der Waals surface area contributed by atoms with Crippen molar-refractivity contribution in [1.82, 2.24) is 5.32 Å². The number of rotatable bonds is 5. The molecule has 1 aromatic rings. The molecular formula is C18H28FN. The van der Waals surface area contributed by atoms with E-state index >= 15 is 0 Å². The van der Waals surface area contributed by atoms with E-state index < -0.39 is 0 Å². The van der Waals surface area contributed by atoms with Crippen molar-refractivity contribution in [1.29, 1.82) is 0 Å². The van der Waals surface area contributed by atoms with Gasteiger partial charge in [-0.2, -0.15) is 0 Å². The van der Waals surface area contributed by atoms with Crippen molar-refractivity contribution in [3.63, 3.8) is 0 Å². The molecule has 2 atom stereocenters. The minimum atomic E-state index is -0.0834. The third-order valence-corrected chi connectivity index (χ3v) is 4.76. The summed E-state index contributed by atoms with van der Waals surface area (Å²) in [4.78, 5) is 0. The van der Waals surface area contributed by atoms with E-state index in [2.05, 4.69) is 19.2 Å². The highest BCUT2D eigenvalue weighted by atomic mass is 19.1. The lowest BCUT2D eigenvalue weighted by molar-refractivity contribution is 0.304. The van der Waals surface area contributed by atoms with E-state index in [-0.39, 0.29) is 11.9 Å². The molecule has 1 fully saturated rings. The predicted octanol–water partition coefficient (Wildman–Crippen LogP) is 5.23. The fourth-order valence-electron chi connectivity index (χ4n) is 3.45. The lowest BCUT2D eigenvalue weighted by Gasteiger charge is -2.29. The van der Waals surface area contributed by atoms with Gasteiger partial charge in [0.25, 0.3) is 0 Å². The zero-order valence-electron chi connectivity index (χ0n) is 12.9. The number of nitrogens with one attached hydrogen (secondary N) is 1. The molecule has 1 unspecified atom stereocenters. The van der Waals surface area contributed by atoms with Crippen LogP contribution in [0.25, 0.3) is 0 Å². The lowest BCUT2D eigenvalue weighted by Crippen LogP contribution is -2.36. The summed E-state index contributed by atoms with van der Waals surface area (Å²) in [6.07, 6.45) is 9.05. The molecule has 0 aliphatic heterocycles. The van der Waals surface area contributed by atoms with Gasteiger partial charge in [-0.15, -0.1) is 0 Å². The summed E-state index contributed by atoms with van der Waals surface area (Å²) in [5.74, 6) is 0.665. The summed E-state index contributed by atoms with van der Waals surface area (Å²) >= 11 is 0. The Kier molecular flexibility index (Phi) is 6.03. The summed E-state index contributed by atoms with van der Waals surface area (Å²) in [7, 11) is 0. The summed E-state index contributed by atoms with van der Waals surface area (Å²) in [6, 6.07) is 7.78. The van der Waals surface area contributed by atoms with E-state index in [1.807, 2.05) is 12.1 Å². The molecule has 2 rings (SSSR count). The quantitative estimate of drug-likeness (QED) is 0.727. The third kappa shape index (κ3) is 4.05. The van der Waals surface area contributed by atoms with Gasteiger partial charge >= 0.3 is 0 Å². The standard InChI is InChI=1S/C18H28FN/c1-3-18(16-12-8-9-13-17(16)19)20-14(2)15-10-6-4-5-7-11-15/h8-9,12-15,18,20H,3-7,10-11H2,1-2H3/t14-,18?/m1/s1. The highest BCUT2D eigenvalue weighted by Gasteiger charge is 2.22. The molecule has 0 amide bonds. The Hall–Kier alpha value is -0.890. The van der Waals surface area contributed by atoms with E-state index in [4.69, 9.17) is 0 Å². The summed E-state index contributed by atoms with van der Waals surface area (Å²) in [5, 5.41) is 3.68. The highest BCUT2D eigenvalue weighted by Crippen LogP contribution is 2.28. The first-order chi connectivity index (χ1) is 9.72. The molecule has 1 N–H and O–H groups in total. The van der Waals surface area contributed by atoms with Gasteiger partial charge in [-0.25, -0.2) is 4.39 Å². The van der Waals surface area contributed by atoms with Crippen LogP contribution >= 0.6 is 0 Å². The maximum absolute atomic E-state index is 13.9. The summed E-state index contributed by atoms with van der Waals surface area (Å²) < 4.78 is 13.9. The fourth-order valence-corrected chi connectivity index (χ4v) is 3.45. The molecule has 0 spiro atoms. The Labute approximate surface area is 123 Å². The van der Waals surface area contributed by atoms with Gasteiger partial charge < -0.3 is 5.32 Å². The van der Waals surface area contributed by atoms with Crippen LogP contribution in [0.4, 0.5) is 4.39 Å². The van der Waals surface area contributed by atoms with Crippen LogP contribution in [-0.4, -0.2) is 6.04 Å². The largest absolute Gasteiger partial charge is 0.307 e. The van der Waals surface area contributed by atoms with E-state index in [9.17, 15) is 4.39 Å². The summed E-state index contributed by atoms with van der Waals surface area (Å²) in [5.41, 5.74) is 0.815. The van der Waals surface area contributed by atoms with Gasteiger partial charge in [-0.1, -0.05) is 50.8 Å². The molecular weight excluding hydrogens is 249 g/mol. The minimum absolute atomic E-state index is 0.0834. The van der Waals surface area contributed by atoms with E-state index in [0.29, 0.717) is 6.04 Å². The van der Waals surface area contributed by atoms with Gasteiger partial charge in [0.05, 0.1) is 0 Å². The fraction of sp³-hybridized carbons (Fsp3) is 0.667. The van der Waals surface area contributed by atoms with Crippen LogP contribution in [0.1, 0.15) is 70.4 Å².